The Hall–Kier alpha value is -2.54. The smallest absolute Gasteiger partial charge is 0.237 e. The van der Waals surface area contributed by atoms with Crippen molar-refractivity contribution in [2.45, 2.75) is 45.4 Å². The summed E-state index contributed by atoms with van der Waals surface area (Å²) < 4.78 is 7.53. The van der Waals surface area contributed by atoms with E-state index in [9.17, 15) is 4.79 Å². The Morgan fingerprint density at radius 3 is 2.46 bits per heavy atom. The molecule has 0 saturated heterocycles. The monoisotopic (exact) mass is 398 g/mol. The molecule has 0 aliphatic carbocycles. The third-order valence-electron chi connectivity index (χ3n) is 4.15. The molecular formula is C21H26N4O2S. The Labute approximate surface area is 169 Å². The molecule has 0 aliphatic rings. The first kappa shape index (κ1) is 20.2. The van der Waals surface area contributed by atoms with E-state index in [1.807, 2.05) is 65.8 Å². The van der Waals surface area contributed by atoms with E-state index in [0.717, 1.165) is 17.4 Å². The molecule has 3 aromatic rings. The second-order valence-electron chi connectivity index (χ2n) is 7.27. The van der Waals surface area contributed by atoms with E-state index in [1.165, 1.54) is 11.8 Å². The highest BCUT2D eigenvalue weighted by atomic mass is 32.2. The van der Waals surface area contributed by atoms with Crippen molar-refractivity contribution in [2.75, 3.05) is 10.7 Å². The number of carbonyl (C=O) groups is 1. The quantitative estimate of drug-likeness (QED) is 0.513. The summed E-state index contributed by atoms with van der Waals surface area (Å²) in [6.07, 6.45) is 1.63. The SMILES string of the molecule is CC(C)Cn1c(SCC(=O)N(c2ccccc2)C(C)C)nnc1-c1ccco1. The van der Waals surface area contributed by atoms with Gasteiger partial charge in [0.25, 0.3) is 0 Å². The van der Waals surface area contributed by atoms with Gasteiger partial charge in [-0.2, -0.15) is 0 Å². The summed E-state index contributed by atoms with van der Waals surface area (Å²) in [7, 11) is 0. The highest BCUT2D eigenvalue weighted by Crippen LogP contribution is 2.26. The van der Waals surface area contributed by atoms with Crippen LogP contribution >= 0.6 is 11.8 Å². The zero-order valence-electron chi connectivity index (χ0n) is 16.7. The van der Waals surface area contributed by atoms with Crippen LogP contribution < -0.4 is 4.90 Å². The number of para-hydroxylation sites is 1. The number of rotatable bonds is 8. The van der Waals surface area contributed by atoms with Crippen LogP contribution in [0.5, 0.6) is 0 Å². The van der Waals surface area contributed by atoms with Crippen LogP contribution in [0.25, 0.3) is 11.6 Å². The topological polar surface area (TPSA) is 64.2 Å². The van der Waals surface area contributed by atoms with Crippen LogP contribution in [0.15, 0.2) is 58.3 Å². The molecule has 0 unspecified atom stereocenters. The lowest BCUT2D eigenvalue weighted by molar-refractivity contribution is -0.116. The molecule has 1 amide bonds. The van der Waals surface area contributed by atoms with Crippen molar-refractivity contribution < 1.29 is 9.21 Å². The highest BCUT2D eigenvalue weighted by molar-refractivity contribution is 7.99. The van der Waals surface area contributed by atoms with Gasteiger partial charge in [0.1, 0.15) is 0 Å². The van der Waals surface area contributed by atoms with E-state index in [4.69, 9.17) is 4.42 Å². The second-order valence-corrected chi connectivity index (χ2v) is 8.21. The minimum atomic E-state index is 0.0462. The predicted molar refractivity (Wildman–Crippen MR) is 112 cm³/mol. The van der Waals surface area contributed by atoms with Gasteiger partial charge in [0.05, 0.1) is 12.0 Å². The van der Waals surface area contributed by atoms with Gasteiger partial charge in [-0.1, -0.05) is 43.8 Å². The molecule has 0 bridgehead atoms. The van der Waals surface area contributed by atoms with Crippen LogP contribution in [0.2, 0.25) is 0 Å². The molecule has 0 N–H and O–H groups in total. The molecule has 7 heteroatoms. The number of furan rings is 1. The van der Waals surface area contributed by atoms with E-state index in [2.05, 4.69) is 24.0 Å². The summed E-state index contributed by atoms with van der Waals surface area (Å²) in [6, 6.07) is 13.5. The second kappa shape index (κ2) is 9.10. The van der Waals surface area contributed by atoms with E-state index in [-0.39, 0.29) is 11.9 Å². The number of hydrogen-bond donors (Lipinski definition) is 0. The maximum Gasteiger partial charge on any atom is 0.237 e. The van der Waals surface area contributed by atoms with Gasteiger partial charge in [-0.05, 0) is 44.0 Å². The van der Waals surface area contributed by atoms with E-state index in [1.54, 1.807) is 6.26 Å². The van der Waals surface area contributed by atoms with Crippen molar-refractivity contribution in [3.8, 4) is 11.6 Å². The summed E-state index contributed by atoms with van der Waals surface area (Å²) in [5.41, 5.74) is 0.906. The number of aromatic nitrogens is 3. The number of amides is 1. The molecule has 0 aliphatic heterocycles. The molecule has 3 rings (SSSR count). The van der Waals surface area contributed by atoms with E-state index in [0.29, 0.717) is 23.3 Å². The normalized spacial score (nSPS) is 11.4. The zero-order chi connectivity index (χ0) is 20.1. The average Bonchev–Trinajstić information content (AvgIpc) is 3.30. The molecule has 1 aromatic carbocycles. The lowest BCUT2D eigenvalue weighted by atomic mass is 10.2. The first-order chi connectivity index (χ1) is 13.5. The summed E-state index contributed by atoms with van der Waals surface area (Å²) in [5, 5.41) is 9.35. The maximum absolute atomic E-state index is 13.0. The lowest BCUT2D eigenvalue weighted by Crippen LogP contribution is -2.38. The molecule has 0 radical (unpaired) electrons. The Bertz CT molecular complexity index is 889. The molecule has 28 heavy (non-hydrogen) atoms. The van der Waals surface area contributed by atoms with Crippen molar-refractivity contribution >= 4 is 23.4 Å². The van der Waals surface area contributed by atoms with Crippen LogP contribution in [0.3, 0.4) is 0 Å². The Balaban J connectivity index is 1.79. The summed E-state index contributed by atoms with van der Waals surface area (Å²) in [6.45, 7) is 9.08. The average molecular weight is 399 g/mol. The third-order valence-corrected chi connectivity index (χ3v) is 5.10. The van der Waals surface area contributed by atoms with E-state index < -0.39 is 0 Å². The van der Waals surface area contributed by atoms with Gasteiger partial charge in [-0.3, -0.25) is 9.36 Å². The van der Waals surface area contributed by atoms with Crippen molar-refractivity contribution in [1.29, 1.82) is 0 Å². The predicted octanol–water partition coefficient (Wildman–Crippen LogP) is 4.73. The van der Waals surface area contributed by atoms with Gasteiger partial charge in [0.2, 0.25) is 5.91 Å². The van der Waals surface area contributed by atoms with Crippen LogP contribution in [0.4, 0.5) is 5.69 Å². The number of nitrogens with zero attached hydrogens (tertiary/aromatic N) is 4. The highest BCUT2D eigenvalue weighted by Gasteiger charge is 2.22. The Kier molecular flexibility index (Phi) is 6.57. The first-order valence-corrected chi connectivity index (χ1v) is 10.4. The number of thioether (sulfide) groups is 1. The summed E-state index contributed by atoms with van der Waals surface area (Å²) in [5.74, 6) is 2.12. The minimum Gasteiger partial charge on any atom is -0.461 e. The summed E-state index contributed by atoms with van der Waals surface area (Å²) >= 11 is 1.41. The van der Waals surface area contributed by atoms with Crippen molar-refractivity contribution in [2.24, 2.45) is 5.92 Å². The molecule has 0 saturated carbocycles. The molecule has 0 atom stereocenters. The Morgan fingerprint density at radius 1 is 1.11 bits per heavy atom. The van der Waals surface area contributed by atoms with Gasteiger partial charge in [-0.15, -0.1) is 10.2 Å². The number of anilines is 1. The largest absolute Gasteiger partial charge is 0.461 e. The molecule has 0 spiro atoms. The molecule has 0 fully saturated rings. The van der Waals surface area contributed by atoms with Crippen LogP contribution in [0, 0.1) is 5.92 Å². The first-order valence-electron chi connectivity index (χ1n) is 9.44. The van der Waals surface area contributed by atoms with Gasteiger partial charge >= 0.3 is 0 Å². The van der Waals surface area contributed by atoms with Gasteiger partial charge < -0.3 is 9.32 Å². The molecule has 2 heterocycles. The fraction of sp³-hybridized carbons (Fsp3) is 0.381. The van der Waals surface area contributed by atoms with Crippen LogP contribution in [-0.2, 0) is 11.3 Å². The van der Waals surface area contributed by atoms with Gasteiger partial charge in [0.15, 0.2) is 16.7 Å². The zero-order valence-corrected chi connectivity index (χ0v) is 17.5. The number of benzene rings is 1. The minimum absolute atomic E-state index is 0.0462. The van der Waals surface area contributed by atoms with Crippen LogP contribution in [-0.4, -0.2) is 32.5 Å². The molecular weight excluding hydrogens is 372 g/mol. The van der Waals surface area contributed by atoms with Gasteiger partial charge in [0, 0.05) is 18.3 Å². The lowest BCUT2D eigenvalue weighted by Gasteiger charge is -2.26. The van der Waals surface area contributed by atoms with E-state index >= 15 is 0 Å². The third kappa shape index (κ3) is 4.65. The van der Waals surface area contributed by atoms with Crippen molar-refractivity contribution in [3.63, 3.8) is 0 Å². The van der Waals surface area contributed by atoms with Gasteiger partial charge in [-0.25, -0.2) is 0 Å². The van der Waals surface area contributed by atoms with Crippen molar-refractivity contribution in [3.05, 3.63) is 48.7 Å². The Morgan fingerprint density at radius 2 is 1.86 bits per heavy atom. The fourth-order valence-electron chi connectivity index (χ4n) is 3.03. The fourth-order valence-corrected chi connectivity index (χ4v) is 3.83. The summed E-state index contributed by atoms with van der Waals surface area (Å²) in [4.78, 5) is 14.8. The molecule has 2 aromatic heterocycles. The number of hydrogen-bond acceptors (Lipinski definition) is 5. The maximum atomic E-state index is 13.0. The van der Waals surface area contributed by atoms with Crippen LogP contribution in [0.1, 0.15) is 27.7 Å². The van der Waals surface area contributed by atoms with Crippen molar-refractivity contribution in [1.82, 2.24) is 14.8 Å². The number of carbonyl (C=O) groups excluding carboxylic acids is 1. The molecule has 6 nitrogen and oxygen atoms in total. The standard InChI is InChI=1S/C21H26N4O2S/c1-15(2)13-24-20(18-11-8-12-27-18)22-23-21(24)28-14-19(26)25(16(3)4)17-9-6-5-7-10-17/h5-12,15-16H,13-14H2,1-4H3. The molecule has 148 valence electrons.